The van der Waals surface area contributed by atoms with Crippen molar-refractivity contribution >= 4 is 10.8 Å². The van der Waals surface area contributed by atoms with E-state index in [1.54, 1.807) is 13.0 Å². The highest BCUT2D eigenvalue weighted by molar-refractivity contribution is 5.81. The summed E-state index contributed by atoms with van der Waals surface area (Å²) in [7, 11) is 1.50. The van der Waals surface area contributed by atoms with E-state index in [1.165, 1.54) is 19.3 Å². The fraction of sp³-hybridized carbons (Fsp3) is 0.200. The molecular weight excluding hydrogens is 183 g/mol. The lowest BCUT2D eigenvalue weighted by atomic mass is 10.1. The molecule has 0 spiro atoms. The van der Waals surface area contributed by atoms with E-state index >= 15 is 0 Å². The maximum Gasteiger partial charge on any atom is 0.277 e. The SMILES string of the molecule is Cc1cc(F)c2c(=O)n(C)ncc2c1. The number of aromatic nitrogens is 2. The Kier molecular flexibility index (Phi) is 1.84. The van der Waals surface area contributed by atoms with Crippen LogP contribution >= 0.6 is 0 Å². The molecule has 2 rings (SSSR count). The van der Waals surface area contributed by atoms with Crippen LogP contribution in [0.2, 0.25) is 0 Å². The van der Waals surface area contributed by atoms with Crippen LogP contribution in [0.4, 0.5) is 4.39 Å². The van der Waals surface area contributed by atoms with Gasteiger partial charge in [0, 0.05) is 12.4 Å². The summed E-state index contributed by atoms with van der Waals surface area (Å²) in [5, 5.41) is 4.48. The predicted octanol–water partition coefficient (Wildman–Crippen LogP) is 1.38. The Morgan fingerprint density at radius 3 is 2.86 bits per heavy atom. The summed E-state index contributed by atoms with van der Waals surface area (Å²) < 4.78 is 14.6. The molecule has 0 N–H and O–H groups in total. The fourth-order valence-corrected chi connectivity index (χ4v) is 1.46. The molecule has 0 saturated heterocycles. The first-order chi connectivity index (χ1) is 6.59. The standard InChI is InChI=1S/C10H9FN2O/c1-6-3-7-5-12-13(2)10(14)9(7)8(11)4-6/h3-5H,1-2H3. The summed E-state index contributed by atoms with van der Waals surface area (Å²) in [6.07, 6.45) is 1.49. The van der Waals surface area contributed by atoms with Gasteiger partial charge in [-0.05, 0) is 24.6 Å². The van der Waals surface area contributed by atoms with Crippen LogP contribution in [0.5, 0.6) is 0 Å². The Hall–Kier alpha value is -1.71. The number of nitrogens with zero attached hydrogens (tertiary/aromatic N) is 2. The van der Waals surface area contributed by atoms with Gasteiger partial charge in [-0.25, -0.2) is 9.07 Å². The van der Waals surface area contributed by atoms with Crippen molar-refractivity contribution in [2.45, 2.75) is 6.92 Å². The highest BCUT2D eigenvalue weighted by Gasteiger charge is 2.07. The van der Waals surface area contributed by atoms with Crippen LogP contribution in [0.1, 0.15) is 5.56 Å². The summed E-state index contributed by atoms with van der Waals surface area (Å²) in [6.45, 7) is 1.78. The van der Waals surface area contributed by atoms with E-state index in [1.807, 2.05) is 0 Å². The zero-order valence-corrected chi connectivity index (χ0v) is 7.91. The first-order valence-electron chi connectivity index (χ1n) is 4.22. The Morgan fingerprint density at radius 2 is 2.14 bits per heavy atom. The second-order valence-electron chi connectivity index (χ2n) is 3.28. The van der Waals surface area contributed by atoms with E-state index in [9.17, 15) is 9.18 Å². The number of benzene rings is 1. The molecule has 4 heteroatoms. The molecule has 14 heavy (non-hydrogen) atoms. The van der Waals surface area contributed by atoms with Crippen LogP contribution < -0.4 is 5.56 Å². The lowest BCUT2D eigenvalue weighted by molar-refractivity contribution is 0.631. The van der Waals surface area contributed by atoms with Crippen molar-refractivity contribution in [2.75, 3.05) is 0 Å². The first kappa shape index (κ1) is 8.87. The molecule has 2 aromatic rings. The van der Waals surface area contributed by atoms with E-state index < -0.39 is 11.4 Å². The molecule has 3 nitrogen and oxygen atoms in total. The largest absolute Gasteiger partial charge is 0.277 e. The molecule has 0 amide bonds. The number of halogens is 1. The van der Waals surface area contributed by atoms with Gasteiger partial charge in [0.2, 0.25) is 0 Å². The van der Waals surface area contributed by atoms with Crippen LogP contribution in [0.25, 0.3) is 10.8 Å². The maximum absolute atomic E-state index is 13.4. The lowest BCUT2D eigenvalue weighted by Gasteiger charge is -2.02. The molecular formula is C10H9FN2O. The number of aryl methyl sites for hydroxylation is 2. The number of rotatable bonds is 0. The molecule has 0 saturated carbocycles. The van der Waals surface area contributed by atoms with E-state index in [0.29, 0.717) is 5.39 Å². The van der Waals surface area contributed by atoms with Crippen molar-refractivity contribution < 1.29 is 4.39 Å². The topological polar surface area (TPSA) is 34.9 Å². The van der Waals surface area contributed by atoms with E-state index in [0.717, 1.165) is 10.2 Å². The molecule has 1 aromatic carbocycles. The Bertz CT molecular complexity index is 560. The van der Waals surface area contributed by atoms with Gasteiger partial charge in [-0.3, -0.25) is 4.79 Å². The third kappa shape index (κ3) is 1.19. The number of fused-ring (bicyclic) bond motifs is 1. The Balaban J connectivity index is 3.03. The molecule has 0 atom stereocenters. The summed E-state index contributed by atoms with van der Waals surface area (Å²) in [5.41, 5.74) is 0.380. The molecule has 72 valence electrons. The molecule has 0 unspecified atom stereocenters. The van der Waals surface area contributed by atoms with Crippen molar-refractivity contribution in [3.05, 3.63) is 40.1 Å². The van der Waals surface area contributed by atoms with Crippen LogP contribution in [-0.4, -0.2) is 9.78 Å². The quantitative estimate of drug-likeness (QED) is 0.632. The highest BCUT2D eigenvalue weighted by Crippen LogP contribution is 2.14. The number of hydrogen-bond acceptors (Lipinski definition) is 2. The Labute approximate surface area is 79.8 Å². The zero-order valence-electron chi connectivity index (χ0n) is 7.91. The monoisotopic (exact) mass is 192 g/mol. The van der Waals surface area contributed by atoms with Gasteiger partial charge in [-0.2, -0.15) is 5.10 Å². The third-order valence-electron chi connectivity index (χ3n) is 2.14. The minimum absolute atomic E-state index is 0.105. The minimum Gasteiger partial charge on any atom is -0.267 e. The zero-order chi connectivity index (χ0) is 10.3. The average molecular weight is 192 g/mol. The second kappa shape index (κ2) is 2.90. The van der Waals surface area contributed by atoms with Gasteiger partial charge in [0.05, 0.1) is 11.6 Å². The van der Waals surface area contributed by atoms with Crippen molar-refractivity contribution in [3.63, 3.8) is 0 Å². The minimum atomic E-state index is -0.483. The summed E-state index contributed by atoms with van der Waals surface area (Å²) in [4.78, 5) is 11.5. The highest BCUT2D eigenvalue weighted by atomic mass is 19.1. The third-order valence-corrected chi connectivity index (χ3v) is 2.14. The molecule has 0 bridgehead atoms. The van der Waals surface area contributed by atoms with Crippen LogP contribution in [-0.2, 0) is 7.05 Å². The van der Waals surface area contributed by atoms with Gasteiger partial charge in [-0.15, -0.1) is 0 Å². The van der Waals surface area contributed by atoms with Gasteiger partial charge < -0.3 is 0 Å². The van der Waals surface area contributed by atoms with E-state index in [4.69, 9.17) is 0 Å². The Morgan fingerprint density at radius 1 is 1.43 bits per heavy atom. The maximum atomic E-state index is 13.4. The van der Waals surface area contributed by atoms with E-state index in [2.05, 4.69) is 5.10 Å². The van der Waals surface area contributed by atoms with Gasteiger partial charge in [0.25, 0.3) is 5.56 Å². The van der Waals surface area contributed by atoms with Crippen molar-refractivity contribution in [2.24, 2.45) is 7.05 Å². The molecule has 0 aliphatic carbocycles. The normalized spacial score (nSPS) is 10.8. The van der Waals surface area contributed by atoms with Gasteiger partial charge >= 0.3 is 0 Å². The van der Waals surface area contributed by atoms with Crippen molar-refractivity contribution in [1.29, 1.82) is 0 Å². The van der Waals surface area contributed by atoms with Crippen LogP contribution in [0.15, 0.2) is 23.1 Å². The number of hydrogen-bond donors (Lipinski definition) is 0. The van der Waals surface area contributed by atoms with Gasteiger partial charge in [0.1, 0.15) is 5.82 Å². The molecule has 0 aliphatic heterocycles. The predicted molar refractivity (Wildman–Crippen MR) is 51.7 cm³/mol. The first-order valence-corrected chi connectivity index (χ1v) is 4.22. The molecule has 0 aliphatic rings. The van der Waals surface area contributed by atoms with Crippen LogP contribution in [0, 0.1) is 12.7 Å². The molecule has 1 heterocycles. The van der Waals surface area contributed by atoms with Crippen molar-refractivity contribution in [3.8, 4) is 0 Å². The fourth-order valence-electron chi connectivity index (χ4n) is 1.46. The van der Waals surface area contributed by atoms with Gasteiger partial charge in [-0.1, -0.05) is 0 Å². The average Bonchev–Trinajstić information content (AvgIpc) is 2.10. The molecule has 1 aromatic heterocycles. The summed E-state index contributed by atoms with van der Waals surface area (Å²) in [5.74, 6) is -0.483. The molecule has 0 radical (unpaired) electrons. The molecule has 0 fully saturated rings. The van der Waals surface area contributed by atoms with Gasteiger partial charge in [0.15, 0.2) is 0 Å². The smallest absolute Gasteiger partial charge is 0.267 e. The summed E-state index contributed by atoms with van der Waals surface area (Å²) in [6, 6.07) is 3.09. The van der Waals surface area contributed by atoms with Crippen molar-refractivity contribution in [1.82, 2.24) is 9.78 Å². The summed E-state index contributed by atoms with van der Waals surface area (Å²) >= 11 is 0. The second-order valence-corrected chi connectivity index (χ2v) is 3.28. The van der Waals surface area contributed by atoms with E-state index in [-0.39, 0.29) is 5.39 Å². The van der Waals surface area contributed by atoms with Crippen LogP contribution in [0.3, 0.4) is 0 Å². The lowest BCUT2D eigenvalue weighted by Crippen LogP contribution is -2.20.